The highest BCUT2D eigenvalue weighted by molar-refractivity contribution is 6.01. The first-order chi connectivity index (χ1) is 17.6. The number of rotatable bonds is 5. The van der Waals surface area contributed by atoms with Crippen molar-refractivity contribution in [3.8, 4) is 0 Å². The van der Waals surface area contributed by atoms with Crippen molar-refractivity contribution in [1.29, 1.82) is 0 Å². The molecule has 0 aromatic heterocycles. The fourth-order valence-corrected chi connectivity index (χ4v) is 5.39. The van der Waals surface area contributed by atoms with Crippen LogP contribution in [0.1, 0.15) is 65.4 Å². The molecule has 2 fully saturated rings. The van der Waals surface area contributed by atoms with Gasteiger partial charge >= 0.3 is 0 Å². The summed E-state index contributed by atoms with van der Waals surface area (Å²) in [5.74, 6) is -0.752. The lowest BCUT2D eigenvalue weighted by atomic mass is 9.89. The maximum Gasteiger partial charge on any atom is 0.217 e. The zero-order chi connectivity index (χ0) is 26.7. The van der Waals surface area contributed by atoms with Crippen LogP contribution in [0.5, 0.6) is 0 Å². The molecule has 37 heavy (non-hydrogen) atoms. The molecule has 1 amide bonds. The number of halogens is 2. The Bertz CT molecular complexity index is 1070. The number of nitrogens with zero attached hydrogens (tertiary/aromatic N) is 5. The fourth-order valence-electron chi connectivity index (χ4n) is 5.39. The number of piperazine rings is 1. The van der Waals surface area contributed by atoms with Crippen molar-refractivity contribution < 1.29 is 18.4 Å². The van der Waals surface area contributed by atoms with Crippen LogP contribution < -0.4 is 16.0 Å². The summed E-state index contributed by atoms with van der Waals surface area (Å²) in [6, 6.07) is 2.15. The van der Waals surface area contributed by atoms with Crippen LogP contribution >= 0.6 is 0 Å². The normalized spacial score (nSPS) is 27.8. The second-order valence-corrected chi connectivity index (χ2v) is 10.4. The van der Waals surface area contributed by atoms with E-state index in [1.165, 1.54) is 25.5 Å². The molecule has 9 nitrogen and oxygen atoms in total. The second kappa shape index (κ2) is 11.4. The number of anilines is 1. The highest BCUT2D eigenvalue weighted by Gasteiger charge is 2.34. The van der Waals surface area contributed by atoms with Gasteiger partial charge < -0.3 is 25.7 Å². The first-order valence-corrected chi connectivity index (χ1v) is 13.0. The molecule has 3 aliphatic rings. The van der Waals surface area contributed by atoms with Gasteiger partial charge in [0.2, 0.25) is 11.9 Å². The van der Waals surface area contributed by atoms with Crippen LogP contribution in [-0.2, 0) is 9.63 Å². The number of nitrogens with one attached hydrogen (secondary N) is 1. The first-order valence-electron chi connectivity index (χ1n) is 13.0. The van der Waals surface area contributed by atoms with Gasteiger partial charge in [0.1, 0.15) is 23.4 Å². The monoisotopic (exact) mass is 517 g/mol. The van der Waals surface area contributed by atoms with Crippen molar-refractivity contribution in [2.45, 2.75) is 78.0 Å². The Morgan fingerprint density at radius 3 is 2.49 bits per heavy atom. The summed E-state index contributed by atoms with van der Waals surface area (Å²) in [6.45, 7) is 8.62. The van der Waals surface area contributed by atoms with Crippen LogP contribution in [0.25, 0.3) is 0 Å². The molecule has 4 atom stereocenters. The van der Waals surface area contributed by atoms with E-state index in [4.69, 9.17) is 10.6 Å². The summed E-state index contributed by atoms with van der Waals surface area (Å²) < 4.78 is 30.7. The van der Waals surface area contributed by atoms with E-state index in [1.54, 1.807) is 4.90 Å². The summed E-state index contributed by atoms with van der Waals surface area (Å²) in [5.41, 5.74) is 8.06. The molecule has 2 heterocycles. The molecule has 0 radical (unpaired) electrons. The Labute approximate surface area is 216 Å². The molecule has 1 aromatic rings. The predicted octanol–water partition coefficient (Wildman–Crippen LogP) is 3.37. The van der Waals surface area contributed by atoms with Crippen LogP contribution in [0, 0.1) is 17.6 Å². The summed E-state index contributed by atoms with van der Waals surface area (Å²) in [5, 5.41) is 15.4. The van der Waals surface area contributed by atoms with E-state index in [9.17, 15) is 4.79 Å². The van der Waals surface area contributed by atoms with Crippen LogP contribution in [0.15, 0.2) is 27.5 Å². The lowest BCUT2D eigenvalue weighted by molar-refractivity contribution is -0.119. The molecule has 3 N–H and O–H groups in total. The number of hydrogen-bond donors (Lipinski definition) is 2. The Morgan fingerprint density at radius 2 is 1.86 bits per heavy atom. The van der Waals surface area contributed by atoms with Crippen LogP contribution in [0.4, 0.5) is 14.5 Å². The van der Waals surface area contributed by atoms with Crippen molar-refractivity contribution in [1.82, 2.24) is 10.2 Å². The predicted molar refractivity (Wildman–Crippen MR) is 141 cm³/mol. The molecule has 1 aromatic carbocycles. The number of hydrogen-bond acceptors (Lipinski definition) is 6. The van der Waals surface area contributed by atoms with Crippen molar-refractivity contribution in [2.24, 2.45) is 27.0 Å². The van der Waals surface area contributed by atoms with E-state index in [1.807, 2.05) is 18.7 Å². The average molecular weight is 518 g/mol. The average Bonchev–Trinajstić information content (AvgIpc) is 3.32. The molecule has 1 saturated heterocycles. The molecule has 1 saturated carbocycles. The highest BCUT2D eigenvalue weighted by Crippen LogP contribution is 2.32. The molecular formula is C26H37F2N7O2. The van der Waals surface area contributed by atoms with Gasteiger partial charge in [-0.15, -0.1) is 5.10 Å². The van der Waals surface area contributed by atoms with E-state index >= 15 is 8.78 Å². The second-order valence-electron chi connectivity index (χ2n) is 10.4. The molecule has 11 heteroatoms. The molecule has 1 aliphatic carbocycles. The molecule has 0 bridgehead atoms. The molecule has 4 rings (SSSR count). The van der Waals surface area contributed by atoms with Crippen molar-refractivity contribution in [2.75, 3.05) is 24.5 Å². The van der Waals surface area contributed by atoms with Gasteiger partial charge in [-0.05, 0) is 51.2 Å². The van der Waals surface area contributed by atoms with E-state index in [-0.39, 0.29) is 36.3 Å². The summed E-state index contributed by atoms with van der Waals surface area (Å²) in [4.78, 5) is 20.1. The lowest BCUT2D eigenvalue weighted by Crippen LogP contribution is -2.60. The minimum Gasteiger partial charge on any atom is -0.390 e. The minimum atomic E-state index is -0.658. The largest absolute Gasteiger partial charge is 0.390 e. The molecule has 2 aliphatic heterocycles. The quantitative estimate of drug-likeness (QED) is 0.354. The Kier molecular flexibility index (Phi) is 8.29. The highest BCUT2D eigenvalue weighted by atomic mass is 19.1. The SMILES string of the molecule is CC(=O)NCC1CC(c2cc(F)c(N3C(C)CN(/C(N)=N/N=C4\CCCCC4C)CC3C)c(F)c2)=NO1. The lowest BCUT2D eigenvalue weighted by Gasteiger charge is -2.46. The number of benzene rings is 1. The third-order valence-electron chi connectivity index (χ3n) is 7.33. The first kappa shape index (κ1) is 26.8. The standard InChI is InChI=1S/C26H37F2N7O2/c1-15-7-5-6-8-23(15)31-32-26(29)34-13-16(2)35(17(3)14-34)25-21(27)9-19(10-22(25)28)24-11-20(37-33-24)12-30-18(4)36/h9-10,15-17,20H,5-8,11-14H2,1-4H3,(H2,29,32)(H,30,36)/b31-23+. The van der Waals surface area contributed by atoms with Crippen LogP contribution in [0.2, 0.25) is 0 Å². The number of amides is 1. The number of guanidine groups is 1. The minimum absolute atomic E-state index is 0.0653. The number of nitrogens with two attached hydrogens (primary N) is 1. The van der Waals surface area contributed by atoms with E-state index in [2.05, 4.69) is 27.6 Å². The summed E-state index contributed by atoms with van der Waals surface area (Å²) in [7, 11) is 0. The molecule has 4 unspecified atom stereocenters. The van der Waals surface area contributed by atoms with Gasteiger partial charge in [-0.1, -0.05) is 18.5 Å². The van der Waals surface area contributed by atoms with Crippen molar-refractivity contribution >= 4 is 29.0 Å². The van der Waals surface area contributed by atoms with Gasteiger partial charge in [-0.25, -0.2) is 8.78 Å². The van der Waals surface area contributed by atoms with E-state index in [0.29, 0.717) is 42.7 Å². The Hall–Kier alpha value is -3.24. The summed E-state index contributed by atoms with van der Waals surface area (Å²) in [6.07, 6.45) is 4.39. The molecule has 0 spiro atoms. The third-order valence-corrected chi connectivity index (χ3v) is 7.33. The van der Waals surface area contributed by atoms with Crippen LogP contribution in [0.3, 0.4) is 0 Å². The van der Waals surface area contributed by atoms with Crippen molar-refractivity contribution in [3.63, 3.8) is 0 Å². The number of oxime groups is 1. The Balaban J connectivity index is 1.45. The zero-order valence-corrected chi connectivity index (χ0v) is 22.0. The third kappa shape index (κ3) is 6.19. The van der Waals surface area contributed by atoms with Gasteiger partial charge in [0.25, 0.3) is 0 Å². The summed E-state index contributed by atoms with van der Waals surface area (Å²) >= 11 is 0. The van der Waals surface area contributed by atoms with Gasteiger partial charge in [-0.2, -0.15) is 5.10 Å². The topological polar surface area (TPSA) is 108 Å². The van der Waals surface area contributed by atoms with Gasteiger partial charge in [0.05, 0.1) is 12.3 Å². The van der Waals surface area contributed by atoms with Crippen LogP contribution in [-0.4, -0.2) is 66.0 Å². The Morgan fingerprint density at radius 1 is 1.19 bits per heavy atom. The van der Waals surface area contributed by atoms with E-state index in [0.717, 1.165) is 25.0 Å². The zero-order valence-electron chi connectivity index (χ0n) is 22.0. The van der Waals surface area contributed by atoms with Crippen molar-refractivity contribution in [3.05, 3.63) is 29.3 Å². The molecular weight excluding hydrogens is 480 g/mol. The van der Waals surface area contributed by atoms with Gasteiger partial charge in [-0.3, -0.25) is 4.79 Å². The fraction of sp³-hybridized carbons (Fsp3) is 0.615. The van der Waals surface area contributed by atoms with E-state index < -0.39 is 11.6 Å². The van der Waals surface area contributed by atoms with Gasteiger partial charge in [0.15, 0.2) is 0 Å². The van der Waals surface area contributed by atoms with Gasteiger partial charge in [0, 0.05) is 49.8 Å². The molecule has 202 valence electrons. The number of carbonyl (C=O) groups is 1. The number of carbonyl (C=O) groups excluding carboxylic acids is 1. The maximum atomic E-state index is 15.4. The maximum absolute atomic E-state index is 15.4. The smallest absolute Gasteiger partial charge is 0.217 e.